The smallest absolute Gasteiger partial charge is 0.410 e. The van der Waals surface area contributed by atoms with Gasteiger partial charge in [-0.25, -0.2) is 9.78 Å². The van der Waals surface area contributed by atoms with Crippen molar-refractivity contribution in [3.8, 4) is 11.7 Å². The van der Waals surface area contributed by atoms with Crippen LogP contribution in [-0.2, 0) is 11.3 Å². The normalized spacial score (nSPS) is 17.0. The molecule has 4 heterocycles. The Hall–Kier alpha value is -4.74. The van der Waals surface area contributed by atoms with E-state index in [0.717, 1.165) is 35.7 Å². The highest BCUT2D eigenvalue weighted by molar-refractivity contribution is 6.36. The lowest BCUT2D eigenvalue weighted by Gasteiger charge is -2.35. The van der Waals surface area contributed by atoms with Crippen molar-refractivity contribution >= 4 is 45.3 Å². The molecule has 5 aromatic rings. The van der Waals surface area contributed by atoms with Crippen LogP contribution < -0.4 is 15.2 Å². The number of carbonyl (C=O) groups excluding carboxylic acids is 1. The summed E-state index contributed by atoms with van der Waals surface area (Å²) in [6.45, 7) is 5.22. The molecule has 0 radical (unpaired) electrons. The van der Waals surface area contributed by atoms with Crippen molar-refractivity contribution in [3.05, 3.63) is 93.5 Å². The van der Waals surface area contributed by atoms with E-state index in [1.54, 1.807) is 16.4 Å². The van der Waals surface area contributed by atoms with Crippen LogP contribution in [0.4, 0.5) is 10.6 Å². The van der Waals surface area contributed by atoms with Crippen molar-refractivity contribution in [2.45, 2.75) is 32.4 Å². The van der Waals surface area contributed by atoms with E-state index in [1.165, 1.54) is 0 Å². The highest BCUT2D eigenvalue weighted by Crippen LogP contribution is 2.31. The van der Waals surface area contributed by atoms with Gasteiger partial charge in [0.1, 0.15) is 24.6 Å². The summed E-state index contributed by atoms with van der Waals surface area (Å²) in [5.41, 5.74) is 1.77. The molecule has 0 bridgehead atoms. The lowest BCUT2D eigenvalue weighted by molar-refractivity contribution is 0.0941. The molecule has 2 aromatic heterocycles. The molecular formula is C35H36ClN7O4. The first-order valence-corrected chi connectivity index (χ1v) is 16.3. The van der Waals surface area contributed by atoms with Crippen molar-refractivity contribution in [2.75, 3.05) is 51.3 Å². The fourth-order valence-electron chi connectivity index (χ4n) is 6.44. The molecule has 0 spiro atoms. The molecule has 7 rings (SSSR count). The number of carbonyl (C=O) groups is 1. The van der Waals surface area contributed by atoms with Gasteiger partial charge in [0.25, 0.3) is 5.56 Å². The fraction of sp³-hybridized carbons (Fsp3) is 0.343. The summed E-state index contributed by atoms with van der Waals surface area (Å²) in [4.78, 5) is 47.6. The standard InChI is InChI=1S/C35H36ClN7O4/c1-23-37-30-31(33(44)43(23)28-15-7-12-25-11-6-14-27(36)29(25)28)38-34(46-22-26-13-8-16-40(26)2)39-32(30)41-17-19-42(20-18-41)35(45)47-21-24-9-4-3-5-10-24/h3-7,9-12,14-15,26H,8,13,16-22H2,1-2H3/t26-/m0/s1. The summed E-state index contributed by atoms with van der Waals surface area (Å²) in [5, 5.41) is 2.21. The fourth-order valence-corrected chi connectivity index (χ4v) is 6.72. The lowest BCUT2D eigenvalue weighted by atomic mass is 10.1. The van der Waals surface area contributed by atoms with Crippen molar-refractivity contribution < 1.29 is 14.3 Å². The molecule has 2 aliphatic rings. The van der Waals surface area contributed by atoms with Gasteiger partial charge in [0.2, 0.25) is 0 Å². The van der Waals surface area contributed by atoms with Gasteiger partial charge in [0, 0.05) is 37.6 Å². The molecule has 2 aliphatic heterocycles. The van der Waals surface area contributed by atoms with Gasteiger partial charge in [0.15, 0.2) is 11.3 Å². The highest BCUT2D eigenvalue weighted by atomic mass is 35.5. The van der Waals surface area contributed by atoms with Crippen LogP contribution in [0.15, 0.2) is 71.5 Å². The Bertz CT molecular complexity index is 1990. The molecule has 12 heteroatoms. The number of rotatable bonds is 7. The van der Waals surface area contributed by atoms with Crippen LogP contribution in [0.25, 0.3) is 27.5 Å². The molecule has 0 aliphatic carbocycles. The number of ether oxygens (including phenoxy) is 2. The van der Waals surface area contributed by atoms with Crippen LogP contribution in [0.3, 0.4) is 0 Å². The molecule has 47 heavy (non-hydrogen) atoms. The molecule has 11 nitrogen and oxygen atoms in total. The van der Waals surface area contributed by atoms with Gasteiger partial charge in [-0.3, -0.25) is 9.36 Å². The van der Waals surface area contributed by atoms with Crippen LogP contribution in [-0.4, -0.2) is 87.8 Å². The molecular weight excluding hydrogens is 618 g/mol. The number of hydrogen-bond acceptors (Lipinski definition) is 9. The molecule has 0 saturated carbocycles. The van der Waals surface area contributed by atoms with E-state index in [4.69, 9.17) is 31.0 Å². The van der Waals surface area contributed by atoms with Gasteiger partial charge >= 0.3 is 12.1 Å². The third-order valence-electron chi connectivity index (χ3n) is 9.04. The molecule has 3 aromatic carbocycles. The summed E-state index contributed by atoms with van der Waals surface area (Å²) >= 11 is 6.66. The average molecular weight is 654 g/mol. The zero-order chi connectivity index (χ0) is 32.5. The maximum atomic E-state index is 14.4. The third kappa shape index (κ3) is 6.20. The topological polar surface area (TPSA) is 106 Å². The van der Waals surface area contributed by atoms with E-state index in [2.05, 4.69) is 16.9 Å². The monoisotopic (exact) mass is 653 g/mol. The second kappa shape index (κ2) is 13.2. The Labute approximate surface area is 277 Å². The number of benzene rings is 3. The number of piperazine rings is 1. The minimum atomic E-state index is -0.364. The number of halogens is 1. The highest BCUT2D eigenvalue weighted by Gasteiger charge is 2.28. The summed E-state index contributed by atoms with van der Waals surface area (Å²) in [7, 11) is 2.08. The Morgan fingerprint density at radius 2 is 1.68 bits per heavy atom. The average Bonchev–Trinajstić information content (AvgIpc) is 3.51. The van der Waals surface area contributed by atoms with Crippen molar-refractivity contribution in [1.29, 1.82) is 0 Å². The number of aryl methyl sites for hydroxylation is 1. The van der Waals surface area contributed by atoms with Crippen LogP contribution in [0, 0.1) is 6.92 Å². The maximum absolute atomic E-state index is 14.4. The molecule has 2 saturated heterocycles. The number of anilines is 1. The Morgan fingerprint density at radius 1 is 0.915 bits per heavy atom. The predicted molar refractivity (Wildman–Crippen MR) is 182 cm³/mol. The number of amides is 1. The second-order valence-corrected chi connectivity index (χ2v) is 12.5. The largest absolute Gasteiger partial charge is 0.462 e. The van der Waals surface area contributed by atoms with Gasteiger partial charge in [-0.2, -0.15) is 9.97 Å². The van der Waals surface area contributed by atoms with Gasteiger partial charge in [0.05, 0.1) is 10.7 Å². The SMILES string of the molecule is Cc1nc2c(N3CCN(C(=O)OCc4ccccc4)CC3)nc(OC[C@@H]3CCCN3C)nc2c(=O)n1-c1cccc2cccc(Cl)c12. The number of likely N-dealkylation sites (tertiary alicyclic amines) is 1. The predicted octanol–water partition coefficient (Wildman–Crippen LogP) is 5.22. The summed E-state index contributed by atoms with van der Waals surface area (Å²) in [5.74, 6) is 0.981. The van der Waals surface area contributed by atoms with Gasteiger partial charge < -0.3 is 24.2 Å². The summed E-state index contributed by atoms with van der Waals surface area (Å²) in [6, 6.07) is 21.4. The Morgan fingerprint density at radius 3 is 2.43 bits per heavy atom. The van der Waals surface area contributed by atoms with Crippen molar-refractivity contribution in [2.24, 2.45) is 0 Å². The van der Waals surface area contributed by atoms with Crippen LogP contribution in [0.1, 0.15) is 24.2 Å². The minimum Gasteiger partial charge on any atom is -0.462 e. The van der Waals surface area contributed by atoms with E-state index in [9.17, 15) is 9.59 Å². The van der Waals surface area contributed by atoms with Crippen molar-refractivity contribution in [1.82, 2.24) is 29.3 Å². The van der Waals surface area contributed by atoms with Crippen molar-refractivity contribution in [3.63, 3.8) is 0 Å². The maximum Gasteiger partial charge on any atom is 0.410 e. The van der Waals surface area contributed by atoms with Crippen LogP contribution in [0.5, 0.6) is 6.01 Å². The van der Waals surface area contributed by atoms with E-state index in [0.29, 0.717) is 60.7 Å². The van der Waals surface area contributed by atoms with Gasteiger partial charge in [-0.05, 0) is 56.4 Å². The molecule has 2 fully saturated rings. The van der Waals surface area contributed by atoms with E-state index in [1.807, 2.05) is 71.6 Å². The summed E-state index contributed by atoms with van der Waals surface area (Å²) in [6.07, 6.45) is 1.76. The molecule has 242 valence electrons. The molecule has 1 amide bonds. The number of hydrogen-bond donors (Lipinski definition) is 0. The third-order valence-corrected chi connectivity index (χ3v) is 9.35. The number of likely N-dealkylation sites (N-methyl/N-ethyl adjacent to an activating group) is 1. The van der Waals surface area contributed by atoms with Crippen LogP contribution in [0.2, 0.25) is 5.02 Å². The number of aromatic nitrogens is 4. The first-order valence-electron chi connectivity index (χ1n) is 15.9. The van der Waals surface area contributed by atoms with E-state index >= 15 is 0 Å². The van der Waals surface area contributed by atoms with Crippen LogP contribution >= 0.6 is 11.6 Å². The quantitative estimate of drug-likeness (QED) is 0.234. The molecule has 0 N–H and O–H groups in total. The first-order chi connectivity index (χ1) is 22.9. The van der Waals surface area contributed by atoms with E-state index < -0.39 is 0 Å². The lowest BCUT2D eigenvalue weighted by Crippen LogP contribution is -2.49. The van der Waals surface area contributed by atoms with Gasteiger partial charge in [-0.1, -0.05) is 66.2 Å². The zero-order valence-corrected chi connectivity index (χ0v) is 27.2. The Balaban J connectivity index is 1.23. The molecule has 1 atom stereocenters. The zero-order valence-electron chi connectivity index (χ0n) is 26.4. The van der Waals surface area contributed by atoms with Gasteiger partial charge in [-0.15, -0.1) is 0 Å². The first kappa shape index (κ1) is 30.9. The minimum absolute atomic E-state index is 0.128. The Kier molecular flexibility index (Phi) is 8.66. The summed E-state index contributed by atoms with van der Waals surface area (Å²) < 4.78 is 13.3. The molecule has 0 unspecified atom stereocenters. The van der Waals surface area contributed by atoms with E-state index in [-0.39, 0.29) is 35.8 Å². The number of nitrogens with zero attached hydrogens (tertiary/aromatic N) is 7. The second-order valence-electron chi connectivity index (χ2n) is 12.0. The number of fused-ring (bicyclic) bond motifs is 2.